The van der Waals surface area contributed by atoms with E-state index in [0.29, 0.717) is 59.8 Å². The largest absolute Gasteiger partial charge is 0.497 e. The van der Waals surface area contributed by atoms with Crippen LogP contribution in [0.5, 0.6) is 11.5 Å². The van der Waals surface area contributed by atoms with Crippen LogP contribution in [-0.4, -0.2) is 60.2 Å². The van der Waals surface area contributed by atoms with Crippen LogP contribution in [0.3, 0.4) is 0 Å². The van der Waals surface area contributed by atoms with Gasteiger partial charge in [0, 0.05) is 71.8 Å². The molecule has 2 N–H and O–H groups in total. The van der Waals surface area contributed by atoms with Crippen LogP contribution in [0.1, 0.15) is 48.2 Å². The van der Waals surface area contributed by atoms with E-state index in [1.807, 2.05) is 23.1 Å². The number of hydrogen-bond donors (Lipinski definition) is 2. The third-order valence-electron chi connectivity index (χ3n) is 11.1. The first kappa shape index (κ1) is 35.8. The van der Waals surface area contributed by atoms with Crippen LogP contribution in [0.2, 0.25) is 0 Å². The van der Waals surface area contributed by atoms with Crippen LogP contribution >= 0.6 is 0 Å². The standard InChI is InChI=1S/C42H40FN5O7/c1-23-15-30-34(47(2)42(23)52)17-26(53-3)18-35(30)48-13-14-54-38-19-28(32(43)20-36(38)48)25-7-9-33(45-21-25)41(51)44-12-4-5-24-6-10-37-29(16-24)31(22-55-37)27-8-11-39(49)46-40(27)50/h7,9,15,17-22,24,27,29,37H,6,8,10-14,16H2,1-3H3,(H,44,51)(H,46,49,50). The Morgan fingerprint density at radius 2 is 1.96 bits per heavy atom. The molecule has 0 radical (unpaired) electrons. The fraction of sp³-hybridized carbons (Fsp3) is 0.357. The Kier molecular flexibility index (Phi) is 9.50. The molecular formula is C42H40FN5O7. The number of nitrogens with one attached hydrogen (secondary N) is 2. The lowest BCUT2D eigenvalue weighted by Gasteiger charge is -2.33. The summed E-state index contributed by atoms with van der Waals surface area (Å²) in [5.74, 6) is 5.83. The highest BCUT2D eigenvalue weighted by Crippen LogP contribution is 2.45. The molecule has 3 aliphatic heterocycles. The van der Waals surface area contributed by atoms with E-state index in [0.717, 1.165) is 35.9 Å². The van der Waals surface area contributed by atoms with Crippen LogP contribution in [0, 0.1) is 42.3 Å². The molecule has 2 aromatic carbocycles. The Bertz CT molecular complexity index is 2400. The predicted octanol–water partition coefficient (Wildman–Crippen LogP) is 5.07. The number of rotatable bonds is 6. The first-order valence-electron chi connectivity index (χ1n) is 18.4. The number of halogens is 1. The molecule has 1 aliphatic carbocycles. The Balaban J connectivity index is 0.933. The zero-order chi connectivity index (χ0) is 38.4. The van der Waals surface area contributed by atoms with E-state index < -0.39 is 11.7 Å². The normalized spacial score (nSPS) is 21.6. The van der Waals surface area contributed by atoms with Crippen molar-refractivity contribution in [3.05, 3.63) is 87.9 Å². The third kappa shape index (κ3) is 6.77. The minimum Gasteiger partial charge on any atom is -0.497 e. The molecule has 0 bridgehead atoms. The number of aryl methyl sites for hydroxylation is 2. The molecule has 4 unspecified atom stereocenters. The molecule has 4 aromatic rings. The van der Waals surface area contributed by atoms with Gasteiger partial charge in [-0.1, -0.05) is 17.9 Å². The maximum Gasteiger partial charge on any atom is 0.270 e. The lowest BCUT2D eigenvalue weighted by Crippen LogP contribution is -2.43. The lowest BCUT2D eigenvalue weighted by molar-refractivity contribution is -0.135. The minimum absolute atomic E-state index is 0.0203. The highest BCUT2D eigenvalue weighted by Gasteiger charge is 2.43. The van der Waals surface area contributed by atoms with Gasteiger partial charge in [0.05, 0.1) is 49.3 Å². The molecular weight excluding hydrogens is 705 g/mol. The van der Waals surface area contributed by atoms with E-state index in [-0.39, 0.29) is 59.0 Å². The van der Waals surface area contributed by atoms with Crippen molar-refractivity contribution in [2.75, 3.05) is 31.7 Å². The molecule has 4 atom stereocenters. The first-order valence-corrected chi connectivity index (χ1v) is 18.4. The highest BCUT2D eigenvalue weighted by molar-refractivity contribution is 6.00. The molecule has 55 heavy (non-hydrogen) atoms. The van der Waals surface area contributed by atoms with E-state index in [1.54, 1.807) is 50.1 Å². The van der Waals surface area contributed by atoms with Gasteiger partial charge in [0.1, 0.15) is 35.7 Å². The lowest BCUT2D eigenvalue weighted by atomic mass is 9.73. The van der Waals surface area contributed by atoms with Crippen LogP contribution in [0.25, 0.3) is 22.0 Å². The second kappa shape index (κ2) is 14.6. The summed E-state index contributed by atoms with van der Waals surface area (Å²) in [5, 5.41) is 6.06. The van der Waals surface area contributed by atoms with Crippen molar-refractivity contribution < 1.29 is 33.0 Å². The monoisotopic (exact) mass is 745 g/mol. The number of imide groups is 1. The second-order valence-electron chi connectivity index (χ2n) is 14.4. The number of ether oxygens (including phenoxy) is 3. The predicted molar refractivity (Wildman–Crippen MR) is 202 cm³/mol. The van der Waals surface area contributed by atoms with Gasteiger partial charge >= 0.3 is 0 Å². The maximum atomic E-state index is 15.9. The number of aromatic nitrogens is 2. The summed E-state index contributed by atoms with van der Waals surface area (Å²) < 4.78 is 35.0. The quantitative estimate of drug-likeness (QED) is 0.205. The number of carbonyl (C=O) groups excluding carboxylic acids is 3. The number of fused-ring (bicyclic) bond motifs is 3. The second-order valence-corrected chi connectivity index (χ2v) is 14.4. The molecule has 8 rings (SSSR count). The smallest absolute Gasteiger partial charge is 0.270 e. The van der Waals surface area contributed by atoms with Crippen molar-refractivity contribution in [3.8, 4) is 34.5 Å². The molecule has 1 saturated heterocycles. The molecule has 2 fully saturated rings. The van der Waals surface area contributed by atoms with E-state index in [1.165, 1.54) is 12.3 Å². The van der Waals surface area contributed by atoms with E-state index in [4.69, 9.17) is 14.2 Å². The summed E-state index contributed by atoms with van der Waals surface area (Å²) >= 11 is 0. The topological polar surface area (TPSA) is 141 Å². The molecule has 5 heterocycles. The van der Waals surface area contributed by atoms with Gasteiger partial charge < -0.3 is 29.0 Å². The van der Waals surface area contributed by atoms with Gasteiger partial charge in [0.25, 0.3) is 11.5 Å². The molecule has 13 heteroatoms. The summed E-state index contributed by atoms with van der Waals surface area (Å²) in [6.07, 6.45) is 6.42. The fourth-order valence-corrected chi connectivity index (χ4v) is 8.22. The highest BCUT2D eigenvalue weighted by atomic mass is 19.1. The Morgan fingerprint density at radius 1 is 1.11 bits per heavy atom. The van der Waals surface area contributed by atoms with Crippen molar-refractivity contribution in [3.63, 3.8) is 0 Å². The molecule has 3 amide bonds. The number of nitrogens with zero attached hydrogens (tertiary/aromatic N) is 3. The average Bonchev–Trinajstić information content (AvgIpc) is 3.61. The number of anilines is 2. The van der Waals surface area contributed by atoms with Gasteiger partial charge in [-0.15, -0.1) is 0 Å². The molecule has 0 spiro atoms. The van der Waals surface area contributed by atoms with Gasteiger partial charge in [-0.25, -0.2) is 4.39 Å². The van der Waals surface area contributed by atoms with Crippen molar-refractivity contribution in [2.45, 2.75) is 45.1 Å². The third-order valence-corrected chi connectivity index (χ3v) is 11.1. The zero-order valence-electron chi connectivity index (χ0n) is 30.7. The summed E-state index contributed by atoms with van der Waals surface area (Å²) in [5.41, 5.74) is 4.35. The van der Waals surface area contributed by atoms with E-state index in [2.05, 4.69) is 27.5 Å². The van der Waals surface area contributed by atoms with Crippen LogP contribution in [0.15, 0.2) is 65.3 Å². The van der Waals surface area contributed by atoms with Crippen LogP contribution in [0.4, 0.5) is 15.8 Å². The number of amides is 3. The molecule has 4 aliphatic rings. The van der Waals surface area contributed by atoms with Gasteiger partial charge in [-0.2, -0.15) is 0 Å². The van der Waals surface area contributed by atoms with Crippen molar-refractivity contribution in [2.24, 2.45) is 24.8 Å². The van der Waals surface area contributed by atoms with Crippen molar-refractivity contribution in [1.29, 1.82) is 0 Å². The van der Waals surface area contributed by atoms with Gasteiger partial charge in [0.2, 0.25) is 11.8 Å². The summed E-state index contributed by atoms with van der Waals surface area (Å²) in [7, 11) is 3.28. The number of piperidine rings is 1. The zero-order valence-corrected chi connectivity index (χ0v) is 30.7. The Hall–Kier alpha value is -6.16. The molecule has 12 nitrogen and oxygen atoms in total. The van der Waals surface area contributed by atoms with Crippen LogP contribution < -0.4 is 30.6 Å². The van der Waals surface area contributed by atoms with E-state index in [9.17, 15) is 19.2 Å². The number of benzene rings is 2. The minimum atomic E-state index is -0.489. The Labute approximate surface area is 316 Å². The number of pyridine rings is 2. The number of methoxy groups -OCH3 is 1. The SMILES string of the molecule is COc1cc(N2CCOc3cc(-c4ccc(C(=O)NCC#CC5CCC6OC=C(C7CCC(=O)NC7=O)C6C5)nc4)c(F)cc32)c2cc(C)c(=O)n(C)c2c1. The van der Waals surface area contributed by atoms with Crippen molar-refractivity contribution >= 4 is 40.0 Å². The number of carbonyl (C=O) groups is 3. The summed E-state index contributed by atoms with van der Waals surface area (Å²) in [6.45, 7) is 2.69. The first-order chi connectivity index (χ1) is 26.6. The summed E-state index contributed by atoms with van der Waals surface area (Å²) in [6, 6.07) is 11.8. The molecule has 1 saturated carbocycles. The fourth-order valence-electron chi connectivity index (χ4n) is 8.22. The average molecular weight is 746 g/mol. The van der Waals surface area contributed by atoms with Crippen LogP contribution in [-0.2, 0) is 21.4 Å². The van der Waals surface area contributed by atoms with Gasteiger partial charge in [-0.05, 0) is 56.4 Å². The number of hydrogen-bond acceptors (Lipinski definition) is 9. The molecule has 282 valence electrons. The van der Waals surface area contributed by atoms with Crippen molar-refractivity contribution in [1.82, 2.24) is 20.2 Å². The van der Waals surface area contributed by atoms with Gasteiger partial charge in [0.15, 0.2) is 0 Å². The Morgan fingerprint density at radius 3 is 2.75 bits per heavy atom. The summed E-state index contributed by atoms with van der Waals surface area (Å²) in [4.78, 5) is 56.1. The van der Waals surface area contributed by atoms with Gasteiger partial charge in [-0.3, -0.25) is 29.5 Å². The van der Waals surface area contributed by atoms with E-state index >= 15 is 4.39 Å². The molecule has 2 aromatic heterocycles. The maximum absolute atomic E-state index is 15.9.